The molecule has 0 spiro atoms. The fourth-order valence-electron chi connectivity index (χ4n) is 1.96. The average molecular weight is 388 g/mol. The van der Waals surface area contributed by atoms with Crippen molar-refractivity contribution < 1.29 is 9.13 Å². The second kappa shape index (κ2) is 6.06. The molecule has 0 saturated heterocycles. The van der Waals surface area contributed by atoms with E-state index in [0.29, 0.717) is 10.2 Å². The van der Waals surface area contributed by atoms with E-state index in [1.54, 1.807) is 13.2 Å². The van der Waals surface area contributed by atoms with Crippen LogP contribution in [0.15, 0.2) is 40.9 Å². The van der Waals surface area contributed by atoms with Gasteiger partial charge < -0.3 is 4.74 Å². The maximum absolute atomic E-state index is 13.5. The summed E-state index contributed by atoms with van der Waals surface area (Å²) < 4.78 is 19.3. The van der Waals surface area contributed by atoms with Crippen LogP contribution in [0.1, 0.15) is 21.5 Å². The Morgan fingerprint density at radius 1 is 1.16 bits per heavy atom. The quantitative estimate of drug-likeness (QED) is 0.641. The van der Waals surface area contributed by atoms with Gasteiger partial charge in [-0.25, -0.2) is 4.39 Å². The molecule has 0 aliphatic heterocycles. The molecule has 1 nitrogen and oxygen atoms in total. The number of methoxy groups -OCH3 is 1. The lowest BCUT2D eigenvalue weighted by atomic mass is 10.00. The molecular formula is C15H13Br2FO. The highest BCUT2D eigenvalue weighted by Crippen LogP contribution is 2.40. The summed E-state index contributed by atoms with van der Waals surface area (Å²) in [7, 11) is 1.55. The van der Waals surface area contributed by atoms with Crippen LogP contribution < -0.4 is 4.74 Å². The zero-order chi connectivity index (χ0) is 14.0. The molecule has 0 aliphatic carbocycles. The Hall–Kier alpha value is -0.870. The van der Waals surface area contributed by atoms with Gasteiger partial charge >= 0.3 is 0 Å². The molecule has 0 aromatic heterocycles. The van der Waals surface area contributed by atoms with Crippen molar-refractivity contribution in [2.75, 3.05) is 7.11 Å². The second-order valence-corrected chi connectivity index (χ2v) is 6.00. The molecule has 0 amide bonds. The Balaban J connectivity index is 2.52. The highest BCUT2D eigenvalue weighted by atomic mass is 79.9. The van der Waals surface area contributed by atoms with Gasteiger partial charge in [-0.2, -0.15) is 0 Å². The highest BCUT2D eigenvalue weighted by molar-refractivity contribution is 9.10. The molecule has 1 unspecified atom stereocenters. The van der Waals surface area contributed by atoms with Crippen molar-refractivity contribution in [3.63, 3.8) is 0 Å². The molecule has 2 aromatic rings. The van der Waals surface area contributed by atoms with E-state index in [1.165, 1.54) is 11.6 Å². The summed E-state index contributed by atoms with van der Waals surface area (Å²) in [4.78, 5) is -0.0412. The number of hydrogen-bond donors (Lipinski definition) is 0. The van der Waals surface area contributed by atoms with Crippen molar-refractivity contribution in [2.24, 2.45) is 0 Å². The van der Waals surface area contributed by atoms with E-state index in [1.807, 2.05) is 18.2 Å². The maximum Gasteiger partial charge on any atom is 0.141 e. The van der Waals surface area contributed by atoms with Gasteiger partial charge in [-0.15, -0.1) is 0 Å². The van der Waals surface area contributed by atoms with Crippen LogP contribution in [0, 0.1) is 12.7 Å². The van der Waals surface area contributed by atoms with Crippen molar-refractivity contribution in [3.8, 4) is 5.75 Å². The number of hydrogen-bond acceptors (Lipinski definition) is 1. The predicted octanol–water partition coefficient (Wildman–Crippen LogP) is 5.39. The minimum atomic E-state index is -0.329. The van der Waals surface area contributed by atoms with Gasteiger partial charge in [-0.05, 0) is 40.0 Å². The smallest absolute Gasteiger partial charge is 0.141 e. The third kappa shape index (κ3) is 3.00. The first-order valence-corrected chi connectivity index (χ1v) is 7.48. The van der Waals surface area contributed by atoms with Crippen LogP contribution in [-0.4, -0.2) is 7.11 Å². The summed E-state index contributed by atoms with van der Waals surface area (Å²) in [5.41, 5.74) is 3.20. The van der Waals surface area contributed by atoms with Gasteiger partial charge in [0.1, 0.15) is 11.6 Å². The monoisotopic (exact) mass is 386 g/mol. The van der Waals surface area contributed by atoms with E-state index < -0.39 is 0 Å². The average Bonchev–Trinajstić information content (AvgIpc) is 2.41. The fourth-order valence-corrected chi connectivity index (χ4v) is 3.19. The molecule has 0 heterocycles. The molecule has 4 heteroatoms. The lowest BCUT2D eigenvalue weighted by molar-refractivity contribution is 0.406. The number of alkyl halides is 1. The molecule has 0 bridgehead atoms. The van der Waals surface area contributed by atoms with Gasteiger partial charge in [-0.3, -0.25) is 0 Å². The minimum absolute atomic E-state index is 0.0412. The zero-order valence-corrected chi connectivity index (χ0v) is 13.8. The number of ether oxygens (including phenoxy) is 1. The van der Waals surface area contributed by atoms with Crippen LogP contribution in [0.25, 0.3) is 0 Å². The maximum atomic E-state index is 13.5. The lowest BCUT2D eigenvalue weighted by Crippen LogP contribution is -2.00. The summed E-state index contributed by atoms with van der Waals surface area (Å²) in [5.74, 6) is 0.205. The number of benzene rings is 2. The van der Waals surface area contributed by atoms with Crippen LogP contribution in [0.2, 0.25) is 0 Å². The first-order chi connectivity index (χ1) is 9.04. The van der Waals surface area contributed by atoms with Gasteiger partial charge in [-0.1, -0.05) is 40.2 Å². The normalized spacial score (nSPS) is 12.3. The van der Waals surface area contributed by atoms with E-state index in [-0.39, 0.29) is 10.6 Å². The van der Waals surface area contributed by atoms with Crippen molar-refractivity contribution in [1.29, 1.82) is 0 Å². The van der Waals surface area contributed by atoms with Crippen molar-refractivity contribution in [2.45, 2.75) is 11.8 Å². The highest BCUT2D eigenvalue weighted by Gasteiger charge is 2.19. The van der Waals surface area contributed by atoms with E-state index >= 15 is 0 Å². The molecule has 2 aromatic carbocycles. The Bertz CT molecular complexity index is 599. The molecule has 2 rings (SSSR count). The summed E-state index contributed by atoms with van der Waals surface area (Å²) in [6.07, 6.45) is 0. The summed E-state index contributed by atoms with van der Waals surface area (Å²) in [6, 6.07) is 11.2. The predicted molar refractivity (Wildman–Crippen MR) is 82.6 cm³/mol. The summed E-state index contributed by atoms with van der Waals surface area (Å²) in [5, 5.41) is 0. The number of rotatable bonds is 3. The van der Waals surface area contributed by atoms with Gasteiger partial charge in [0.25, 0.3) is 0 Å². The number of halogens is 3. The van der Waals surface area contributed by atoms with E-state index in [0.717, 1.165) is 11.1 Å². The van der Waals surface area contributed by atoms with Crippen molar-refractivity contribution in [3.05, 3.63) is 63.4 Å². The molecule has 100 valence electrons. The minimum Gasteiger partial charge on any atom is -0.496 e. The summed E-state index contributed by atoms with van der Waals surface area (Å²) >= 11 is 6.89. The van der Waals surface area contributed by atoms with Gasteiger partial charge in [0.05, 0.1) is 16.4 Å². The van der Waals surface area contributed by atoms with Crippen LogP contribution in [0.3, 0.4) is 0 Å². The first-order valence-electron chi connectivity index (χ1n) is 5.77. The number of aryl methyl sites for hydroxylation is 1. The van der Waals surface area contributed by atoms with Gasteiger partial charge in [0.15, 0.2) is 0 Å². The van der Waals surface area contributed by atoms with Crippen LogP contribution in [0.5, 0.6) is 5.75 Å². The van der Waals surface area contributed by atoms with E-state index in [2.05, 4.69) is 44.8 Å². The molecule has 0 N–H and O–H groups in total. The van der Waals surface area contributed by atoms with Crippen LogP contribution in [0.4, 0.5) is 4.39 Å². The molecule has 1 atom stereocenters. The van der Waals surface area contributed by atoms with Crippen molar-refractivity contribution >= 4 is 31.9 Å². The molecule has 0 saturated carbocycles. The van der Waals surface area contributed by atoms with Crippen LogP contribution in [-0.2, 0) is 0 Å². The zero-order valence-electron chi connectivity index (χ0n) is 10.6. The molecule has 0 radical (unpaired) electrons. The second-order valence-electron chi connectivity index (χ2n) is 4.23. The van der Waals surface area contributed by atoms with Gasteiger partial charge in [0.2, 0.25) is 0 Å². The Morgan fingerprint density at radius 2 is 1.84 bits per heavy atom. The van der Waals surface area contributed by atoms with Crippen molar-refractivity contribution in [1.82, 2.24) is 0 Å². The van der Waals surface area contributed by atoms with E-state index in [9.17, 15) is 4.39 Å². The third-order valence-electron chi connectivity index (χ3n) is 3.01. The Labute approximate surface area is 129 Å². The Morgan fingerprint density at radius 3 is 2.47 bits per heavy atom. The fraction of sp³-hybridized carbons (Fsp3) is 0.200. The molecule has 0 aliphatic rings. The molecule has 19 heavy (non-hydrogen) atoms. The van der Waals surface area contributed by atoms with E-state index in [4.69, 9.17) is 4.74 Å². The SMILES string of the molecule is COc1cc(F)c(Br)cc1C(Br)c1ccccc1C. The van der Waals surface area contributed by atoms with Crippen LogP contribution >= 0.6 is 31.9 Å². The lowest BCUT2D eigenvalue weighted by Gasteiger charge is -2.17. The summed E-state index contributed by atoms with van der Waals surface area (Å²) in [6.45, 7) is 2.05. The Kier molecular flexibility index (Phi) is 4.63. The topological polar surface area (TPSA) is 9.23 Å². The molecule has 0 fully saturated rings. The first kappa shape index (κ1) is 14.5. The van der Waals surface area contributed by atoms with Gasteiger partial charge in [0, 0.05) is 11.6 Å². The largest absolute Gasteiger partial charge is 0.496 e. The standard InChI is InChI=1S/C15H13Br2FO/c1-9-5-3-4-6-10(9)15(17)11-7-12(16)13(18)8-14(11)19-2/h3-8,15H,1-2H3. The third-order valence-corrected chi connectivity index (χ3v) is 4.60. The molecular weight excluding hydrogens is 375 g/mol.